The van der Waals surface area contributed by atoms with Crippen molar-refractivity contribution >= 4 is 5.71 Å². The summed E-state index contributed by atoms with van der Waals surface area (Å²) in [7, 11) is 0. The third-order valence-corrected chi connectivity index (χ3v) is 0.857. The Morgan fingerprint density at radius 1 is 1.44 bits per heavy atom. The SMILES string of the molecule is C=CC(=N)C(=C)C(=C)F. The van der Waals surface area contributed by atoms with Gasteiger partial charge >= 0.3 is 0 Å². The van der Waals surface area contributed by atoms with Gasteiger partial charge in [0.15, 0.2) is 0 Å². The van der Waals surface area contributed by atoms with Gasteiger partial charge in [0.1, 0.15) is 5.83 Å². The summed E-state index contributed by atoms with van der Waals surface area (Å²) in [5.41, 5.74) is -0.0347. The summed E-state index contributed by atoms with van der Waals surface area (Å²) in [6.45, 7) is 9.49. The van der Waals surface area contributed by atoms with Crippen molar-refractivity contribution in [2.24, 2.45) is 0 Å². The first kappa shape index (κ1) is 7.82. The summed E-state index contributed by atoms with van der Waals surface area (Å²) in [4.78, 5) is 0. The molecule has 0 aliphatic rings. The Morgan fingerprint density at radius 3 is 2.00 bits per heavy atom. The smallest absolute Gasteiger partial charge is 0.124 e. The molecule has 0 aliphatic carbocycles. The molecule has 0 heterocycles. The second-order valence-electron chi connectivity index (χ2n) is 1.50. The van der Waals surface area contributed by atoms with Crippen molar-refractivity contribution in [3.63, 3.8) is 0 Å². The van der Waals surface area contributed by atoms with Crippen LogP contribution < -0.4 is 0 Å². The topological polar surface area (TPSA) is 23.9 Å². The molecule has 0 atom stereocenters. The summed E-state index contributed by atoms with van der Waals surface area (Å²) >= 11 is 0. The van der Waals surface area contributed by atoms with Crippen LogP contribution in [0.25, 0.3) is 0 Å². The van der Waals surface area contributed by atoms with Crippen molar-refractivity contribution in [2.45, 2.75) is 0 Å². The van der Waals surface area contributed by atoms with Crippen molar-refractivity contribution in [1.82, 2.24) is 0 Å². The van der Waals surface area contributed by atoms with E-state index in [2.05, 4.69) is 19.7 Å². The molecule has 0 spiro atoms. The molecule has 0 saturated carbocycles. The van der Waals surface area contributed by atoms with Gasteiger partial charge in [0.25, 0.3) is 0 Å². The zero-order chi connectivity index (χ0) is 7.44. The second kappa shape index (κ2) is 2.97. The Labute approximate surface area is 53.7 Å². The van der Waals surface area contributed by atoms with E-state index in [1.165, 1.54) is 6.08 Å². The lowest BCUT2D eigenvalue weighted by Gasteiger charge is -1.95. The fourth-order valence-corrected chi connectivity index (χ4v) is 0.269. The molecule has 9 heavy (non-hydrogen) atoms. The van der Waals surface area contributed by atoms with Crippen LogP contribution >= 0.6 is 0 Å². The van der Waals surface area contributed by atoms with E-state index >= 15 is 0 Å². The summed E-state index contributed by atoms with van der Waals surface area (Å²) < 4.78 is 12.0. The van der Waals surface area contributed by atoms with Crippen LogP contribution in [0, 0.1) is 5.41 Å². The molecule has 0 saturated heterocycles. The molecular weight excluding hydrogens is 117 g/mol. The molecule has 1 nitrogen and oxygen atoms in total. The molecule has 0 aliphatic heterocycles. The lowest BCUT2D eigenvalue weighted by molar-refractivity contribution is 0.665. The molecule has 0 aromatic heterocycles. The van der Waals surface area contributed by atoms with Gasteiger partial charge in [-0.05, 0) is 6.08 Å². The van der Waals surface area contributed by atoms with E-state index in [0.29, 0.717) is 0 Å². The van der Waals surface area contributed by atoms with Gasteiger partial charge in [-0.15, -0.1) is 0 Å². The summed E-state index contributed by atoms with van der Waals surface area (Å²) in [6, 6.07) is 0. The van der Waals surface area contributed by atoms with Crippen LogP contribution in [0.2, 0.25) is 0 Å². The van der Waals surface area contributed by atoms with Crippen molar-refractivity contribution in [1.29, 1.82) is 5.41 Å². The first-order valence-electron chi connectivity index (χ1n) is 2.34. The lowest BCUT2D eigenvalue weighted by atomic mass is 10.2. The second-order valence-corrected chi connectivity index (χ2v) is 1.50. The van der Waals surface area contributed by atoms with Gasteiger partial charge < -0.3 is 5.41 Å². The fraction of sp³-hybridized carbons (Fsp3) is 0. The van der Waals surface area contributed by atoms with E-state index < -0.39 is 5.83 Å². The predicted octanol–water partition coefficient (Wildman–Crippen LogP) is 2.23. The first-order chi connectivity index (χ1) is 4.09. The maximum atomic E-state index is 12.0. The molecule has 0 unspecified atom stereocenters. The number of hydrogen-bond acceptors (Lipinski definition) is 1. The molecule has 0 fully saturated rings. The van der Waals surface area contributed by atoms with Crippen LogP contribution in [0.15, 0.2) is 37.2 Å². The highest BCUT2D eigenvalue weighted by atomic mass is 19.1. The van der Waals surface area contributed by atoms with Crippen LogP contribution in [0.3, 0.4) is 0 Å². The molecule has 48 valence electrons. The Bertz CT molecular complexity index is 179. The van der Waals surface area contributed by atoms with Gasteiger partial charge in [-0.2, -0.15) is 0 Å². The predicted molar refractivity (Wildman–Crippen MR) is 37.3 cm³/mol. The van der Waals surface area contributed by atoms with Crippen molar-refractivity contribution in [3.05, 3.63) is 37.2 Å². The van der Waals surface area contributed by atoms with Crippen molar-refractivity contribution < 1.29 is 4.39 Å². The number of hydrogen-bond donors (Lipinski definition) is 1. The third-order valence-electron chi connectivity index (χ3n) is 0.857. The van der Waals surface area contributed by atoms with E-state index in [1.807, 2.05) is 0 Å². The maximum Gasteiger partial charge on any atom is 0.124 e. The molecule has 0 amide bonds. The average molecular weight is 125 g/mol. The highest BCUT2D eigenvalue weighted by molar-refractivity contribution is 6.07. The van der Waals surface area contributed by atoms with Gasteiger partial charge in [-0.1, -0.05) is 19.7 Å². The zero-order valence-corrected chi connectivity index (χ0v) is 5.08. The van der Waals surface area contributed by atoms with Gasteiger partial charge in [0.05, 0.1) is 5.71 Å². The first-order valence-corrected chi connectivity index (χ1v) is 2.34. The summed E-state index contributed by atoms with van der Waals surface area (Å²) in [5.74, 6) is -0.681. The number of rotatable bonds is 3. The fourth-order valence-electron chi connectivity index (χ4n) is 0.269. The molecule has 0 rings (SSSR count). The van der Waals surface area contributed by atoms with Crippen LogP contribution in [0.1, 0.15) is 0 Å². The minimum absolute atomic E-state index is 0.00926. The van der Waals surface area contributed by atoms with Gasteiger partial charge in [-0.25, -0.2) is 4.39 Å². The molecule has 0 aromatic carbocycles. The van der Waals surface area contributed by atoms with Crippen LogP contribution in [0.4, 0.5) is 4.39 Å². The van der Waals surface area contributed by atoms with E-state index in [-0.39, 0.29) is 11.3 Å². The lowest BCUT2D eigenvalue weighted by Crippen LogP contribution is -1.93. The Kier molecular flexibility index (Phi) is 2.58. The largest absolute Gasteiger partial charge is 0.300 e. The number of nitrogens with one attached hydrogen (secondary N) is 1. The van der Waals surface area contributed by atoms with Crippen LogP contribution in [0.5, 0.6) is 0 Å². The Balaban J connectivity index is 4.22. The van der Waals surface area contributed by atoms with E-state index in [1.54, 1.807) is 0 Å². The third kappa shape index (κ3) is 2.04. The van der Waals surface area contributed by atoms with Crippen molar-refractivity contribution in [2.75, 3.05) is 0 Å². The molecule has 2 heteroatoms. The number of allylic oxidation sites excluding steroid dienone is 3. The summed E-state index contributed by atoms with van der Waals surface area (Å²) in [6.07, 6.45) is 1.22. The highest BCUT2D eigenvalue weighted by Gasteiger charge is 1.99. The van der Waals surface area contributed by atoms with Crippen LogP contribution in [-0.4, -0.2) is 5.71 Å². The maximum absolute atomic E-state index is 12.0. The normalized spacial score (nSPS) is 8.11. The highest BCUT2D eigenvalue weighted by Crippen LogP contribution is 2.06. The van der Waals surface area contributed by atoms with Gasteiger partial charge in [0.2, 0.25) is 0 Å². The number of halogens is 1. The van der Waals surface area contributed by atoms with Crippen LogP contribution in [-0.2, 0) is 0 Å². The minimum Gasteiger partial charge on any atom is -0.300 e. The zero-order valence-electron chi connectivity index (χ0n) is 5.08. The Hall–Kier alpha value is -1.18. The minimum atomic E-state index is -0.681. The van der Waals surface area contributed by atoms with E-state index in [0.717, 1.165) is 0 Å². The van der Waals surface area contributed by atoms with Gasteiger partial charge in [-0.3, -0.25) is 0 Å². The van der Waals surface area contributed by atoms with Gasteiger partial charge in [0, 0.05) is 5.57 Å². The summed E-state index contributed by atoms with van der Waals surface area (Å²) in [5, 5.41) is 6.96. The standard InChI is InChI=1S/C7H8FN/c1-4-7(9)5(2)6(3)8/h4,9H,1-3H2. The Morgan fingerprint density at radius 2 is 1.89 bits per heavy atom. The monoisotopic (exact) mass is 125 g/mol. The average Bonchev–Trinajstić information content (AvgIpc) is 1.84. The van der Waals surface area contributed by atoms with E-state index in [4.69, 9.17) is 5.41 Å². The quantitative estimate of drug-likeness (QED) is 0.441. The van der Waals surface area contributed by atoms with E-state index in [9.17, 15) is 4.39 Å². The molecule has 0 radical (unpaired) electrons. The molecule has 0 aromatic rings. The molecule has 0 bridgehead atoms. The van der Waals surface area contributed by atoms with Crippen molar-refractivity contribution in [3.8, 4) is 0 Å². The molecular formula is C7H8FN. The molecule has 1 N–H and O–H groups in total.